The number of rotatable bonds is 3. The van der Waals surface area contributed by atoms with Gasteiger partial charge in [0.05, 0.1) is 5.54 Å². The smallest absolute Gasteiger partial charge is 0.274 e. The molecule has 0 aromatic carbocycles. The van der Waals surface area contributed by atoms with E-state index in [1.807, 2.05) is 10.7 Å². The molecule has 4 heteroatoms. The van der Waals surface area contributed by atoms with E-state index in [2.05, 4.69) is 60.3 Å². The zero-order valence-corrected chi connectivity index (χ0v) is 16.8. The maximum Gasteiger partial charge on any atom is 0.274 e. The van der Waals surface area contributed by atoms with Gasteiger partial charge in [-0.05, 0) is 57.4 Å². The lowest BCUT2D eigenvalue weighted by Gasteiger charge is -2.30. The van der Waals surface area contributed by atoms with Crippen LogP contribution in [0.25, 0.3) is 0 Å². The number of carbonyl (C=O) groups is 1. The molecule has 4 nitrogen and oxygen atoms in total. The van der Waals surface area contributed by atoms with Gasteiger partial charge in [-0.2, -0.15) is 5.10 Å². The fourth-order valence-electron chi connectivity index (χ4n) is 3.62. The first-order valence-corrected chi connectivity index (χ1v) is 9.31. The second kappa shape index (κ2) is 6.53. The number of amides is 1. The van der Waals surface area contributed by atoms with Gasteiger partial charge in [-0.3, -0.25) is 9.48 Å². The summed E-state index contributed by atoms with van der Waals surface area (Å²) in [6, 6.07) is 2.35. The van der Waals surface area contributed by atoms with Crippen molar-refractivity contribution in [3.63, 3.8) is 0 Å². The molecule has 136 valence electrons. The number of likely N-dealkylation sites (tertiary alicyclic amines) is 1. The predicted octanol–water partition coefficient (Wildman–Crippen LogP) is 4.80. The highest BCUT2D eigenvalue weighted by Crippen LogP contribution is 2.31. The van der Waals surface area contributed by atoms with Gasteiger partial charge in [-0.1, -0.05) is 34.6 Å². The molecule has 24 heavy (non-hydrogen) atoms. The third kappa shape index (κ3) is 4.20. The van der Waals surface area contributed by atoms with Crippen LogP contribution < -0.4 is 0 Å². The van der Waals surface area contributed by atoms with Crippen LogP contribution in [0.5, 0.6) is 0 Å². The van der Waals surface area contributed by atoms with Crippen molar-refractivity contribution in [1.82, 2.24) is 14.7 Å². The first kappa shape index (κ1) is 19.0. The van der Waals surface area contributed by atoms with E-state index in [4.69, 9.17) is 5.10 Å². The van der Waals surface area contributed by atoms with Gasteiger partial charge in [0.15, 0.2) is 5.69 Å². The molecule has 1 aliphatic heterocycles. The lowest BCUT2D eigenvalue weighted by atomic mass is 9.87. The SMILES string of the molecule is CC(C)c1cc(C(=O)N2CCC[C@H]2CC(C)(C)C)nn1C(C)(C)C. The van der Waals surface area contributed by atoms with Gasteiger partial charge in [0.1, 0.15) is 0 Å². The van der Waals surface area contributed by atoms with E-state index >= 15 is 0 Å². The van der Waals surface area contributed by atoms with Crippen LogP contribution in [-0.2, 0) is 5.54 Å². The minimum atomic E-state index is -0.117. The van der Waals surface area contributed by atoms with E-state index in [9.17, 15) is 4.79 Å². The zero-order valence-electron chi connectivity index (χ0n) is 16.8. The van der Waals surface area contributed by atoms with Gasteiger partial charge in [-0.15, -0.1) is 0 Å². The summed E-state index contributed by atoms with van der Waals surface area (Å²) in [5.41, 5.74) is 1.86. The Balaban J connectivity index is 2.29. The second-order valence-electron chi connectivity index (χ2n) is 9.75. The largest absolute Gasteiger partial charge is 0.334 e. The molecule has 1 amide bonds. The Bertz CT molecular complexity index is 587. The maximum atomic E-state index is 13.1. The van der Waals surface area contributed by atoms with Crippen molar-refractivity contribution in [2.24, 2.45) is 5.41 Å². The number of aromatic nitrogens is 2. The fraction of sp³-hybridized carbons (Fsp3) is 0.800. The summed E-state index contributed by atoms with van der Waals surface area (Å²) in [5.74, 6) is 0.453. The molecule has 0 radical (unpaired) electrons. The van der Waals surface area contributed by atoms with E-state index in [1.165, 1.54) is 0 Å². The Kier molecular flexibility index (Phi) is 5.17. The Morgan fingerprint density at radius 2 is 1.88 bits per heavy atom. The lowest BCUT2D eigenvalue weighted by Crippen LogP contribution is -2.38. The van der Waals surface area contributed by atoms with Gasteiger partial charge in [0.2, 0.25) is 0 Å². The maximum absolute atomic E-state index is 13.1. The Hall–Kier alpha value is -1.32. The summed E-state index contributed by atoms with van der Waals surface area (Å²) >= 11 is 0. The third-order valence-corrected chi connectivity index (χ3v) is 4.67. The summed E-state index contributed by atoms with van der Waals surface area (Å²) in [6.07, 6.45) is 3.26. The summed E-state index contributed by atoms with van der Waals surface area (Å²) in [4.78, 5) is 15.2. The molecule has 1 saturated heterocycles. The Labute approximate surface area is 147 Å². The van der Waals surface area contributed by atoms with Crippen LogP contribution in [0.4, 0.5) is 0 Å². The van der Waals surface area contributed by atoms with E-state index in [-0.39, 0.29) is 16.9 Å². The van der Waals surface area contributed by atoms with Crippen LogP contribution in [0.3, 0.4) is 0 Å². The number of nitrogens with zero attached hydrogens (tertiary/aromatic N) is 3. The summed E-state index contributed by atoms with van der Waals surface area (Å²) in [7, 11) is 0. The van der Waals surface area contributed by atoms with Crippen molar-refractivity contribution in [2.75, 3.05) is 6.54 Å². The molecule has 0 bridgehead atoms. The second-order valence-corrected chi connectivity index (χ2v) is 9.75. The highest BCUT2D eigenvalue weighted by Gasteiger charge is 2.34. The summed E-state index contributed by atoms with van der Waals surface area (Å²) in [6.45, 7) is 18.3. The van der Waals surface area contributed by atoms with E-state index in [1.54, 1.807) is 0 Å². The third-order valence-electron chi connectivity index (χ3n) is 4.67. The van der Waals surface area contributed by atoms with Crippen LogP contribution in [0.1, 0.15) is 96.8 Å². The molecule has 1 aliphatic rings. The predicted molar refractivity (Wildman–Crippen MR) is 99.4 cm³/mol. The van der Waals surface area contributed by atoms with Crippen molar-refractivity contribution < 1.29 is 4.79 Å². The minimum Gasteiger partial charge on any atom is -0.334 e. The lowest BCUT2D eigenvalue weighted by molar-refractivity contribution is 0.0696. The summed E-state index contributed by atoms with van der Waals surface area (Å²) < 4.78 is 2.03. The molecule has 2 rings (SSSR count). The quantitative estimate of drug-likeness (QED) is 0.796. The molecule has 0 aliphatic carbocycles. The van der Waals surface area contributed by atoms with E-state index < -0.39 is 0 Å². The normalized spacial score (nSPS) is 19.4. The first-order valence-electron chi connectivity index (χ1n) is 9.31. The molecule has 1 atom stereocenters. The molecular formula is C20H35N3O. The Morgan fingerprint density at radius 3 is 2.33 bits per heavy atom. The van der Waals surface area contributed by atoms with Gasteiger partial charge in [0.25, 0.3) is 5.91 Å². The van der Waals surface area contributed by atoms with Crippen molar-refractivity contribution in [1.29, 1.82) is 0 Å². The van der Waals surface area contributed by atoms with Gasteiger partial charge < -0.3 is 4.90 Å². The van der Waals surface area contributed by atoms with Gasteiger partial charge in [-0.25, -0.2) is 0 Å². The van der Waals surface area contributed by atoms with E-state index in [0.717, 1.165) is 31.5 Å². The van der Waals surface area contributed by atoms with Crippen LogP contribution in [0.15, 0.2) is 6.07 Å². The standard InChI is InChI=1S/C20H35N3O/c1-14(2)17-12-16(21-23(17)20(6,7)8)18(24)22-11-9-10-15(22)13-19(3,4)5/h12,14-15H,9-11,13H2,1-8H3/t15-/m0/s1. The number of hydrogen-bond acceptors (Lipinski definition) is 2. The number of carbonyl (C=O) groups excluding carboxylic acids is 1. The molecule has 2 heterocycles. The molecule has 1 fully saturated rings. The molecule has 1 aromatic heterocycles. The van der Waals surface area contributed by atoms with Crippen molar-refractivity contribution >= 4 is 5.91 Å². The van der Waals surface area contributed by atoms with Crippen molar-refractivity contribution in [2.45, 2.75) is 92.2 Å². The van der Waals surface area contributed by atoms with Gasteiger partial charge in [0, 0.05) is 18.3 Å². The van der Waals surface area contributed by atoms with Crippen molar-refractivity contribution in [3.8, 4) is 0 Å². The monoisotopic (exact) mass is 333 g/mol. The molecule has 0 spiro atoms. The summed E-state index contributed by atoms with van der Waals surface area (Å²) in [5, 5.41) is 4.70. The molecule has 0 saturated carbocycles. The average Bonchev–Trinajstić information content (AvgIpc) is 3.01. The highest BCUT2D eigenvalue weighted by molar-refractivity contribution is 5.92. The van der Waals surface area contributed by atoms with Crippen LogP contribution in [-0.4, -0.2) is 33.2 Å². The van der Waals surface area contributed by atoms with Crippen LogP contribution in [0.2, 0.25) is 0 Å². The zero-order chi connectivity index (χ0) is 18.3. The molecular weight excluding hydrogens is 298 g/mol. The van der Waals surface area contributed by atoms with Gasteiger partial charge >= 0.3 is 0 Å². The molecule has 0 unspecified atom stereocenters. The highest BCUT2D eigenvalue weighted by atomic mass is 16.2. The molecule has 1 aromatic rings. The molecule has 0 N–H and O–H groups in total. The topological polar surface area (TPSA) is 38.1 Å². The van der Waals surface area contributed by atoms with E-state index in [0.29, 0.717) is 17.7 Å². The van der Waals surface area contributed by atoms with Crippen molar-refractivity contribution in [3.05, 3.63) is 17.5 Å². The average molecular weight is 334 g/mol. The fourth-order valence-corrected chi connectivity index (χ4v) is 3.62. The number of hydrogen-bond donors (Lipinski definition) is 0. The minimum absolute atomic E-state index is 0.103. The van der Waals surface area contributed by atoms with Crippen LogP contribution in [0, 0.1) is 5.41 Å². The Morgan fingerprint density at radius 1 is 1.25 bits per heavy atom. The first-order chi connectivity index (χ1) is 10.9. The van der Waals surface area contributed by atoms with Crippen LogP contribution >= 0.6 is 0 Å².